The zero-order chi connectivity index (χ0) is 13.1. The first-order valence-electron chi connectivity index (χ1n) is 4.80. The Bertz CT molecular complexity index is 465. The van der Waals surface area contributed by atoms with Crippen LogP contribution in [0.1, 0.15) is 18.7 Å². The second kappa shape index (κ2) is 5.33. The molecule has 1 amide bonds. The fourth-order valence-electron chi connectivity index (χ4n) is 0.979. The molecule has 0 unspecified atom stereocenters. The largest absolute Gasteiger partial charge is 0.480 e. The highest BCUT2D eigenvalue weighted by Gasteiger charge is 2.27. The first-order chi connectivity index (χ1) is 7.81. The first-order valence-corrected chi connectivity index (χ1v) is 5.99. The number of carbonyl (C=O) groups excluding carboxylic acids is 1. The molecule has 17 heavy (non-hydrogen) atoms. The lowest BCUT2D eigenvalue weighted by molar-refractivity contribution is -0.145. The van der Waals surface area contributed by atoms with Crippen LogP contribution in [-0.2, 0) is 9.59 Å². The van der Waals surface area contributed by atoms with Crippen molar-refractivity contribution in [3.63, 3.8) is 0 Å². The van der Waals surface area contributed by atoms with E-state index < -0.39 is 17.4 Å². The number of thiophene rings is 1. The van der Waals surface area contributed by atoms with Gasteiger partial charge in [0.25, 0.3) is 0 Å². The minimum Gasteiger partial charge on any atom is -0.480 e. The van der Waals surface area contributed by atoms with Gasteiger partial charge in [-0.25, -0.2) is 4.79 Å². The predicted octanol–water partition coefficient (Wildman–Crippen LogP) is 2.39. The summed E-state index contributed by atoms with van der Waals surface area (Å²) in [4.78, 5) is 23.1. The average Bonchev–Trinajstić information content (AvgIpc) is 2.60. The summed E-state index contributed by atoms with van der Waals surface area (Å²) < 4.78 is 0.635. The SMILES string of the molecule is CC(C)(NC(=O)C=Cc1ccc(Cl)s1)C(=O)O. The summed E-state index contributed by atoms with van der Waals surface area (Å²) in [5.74, 6) is -1.54. The molecule has 0 spiro atoms. The van der Waals surface area contributed by atoms with E-state index in [4.69, 9.17) is 16.7 Å². The number of hydrogen-bond donors (Lipinski definition) is 2. The number of carboxylic acid groups (broad SMARTS) is 1. The highest BCUT2D eigenvalue weighted by molar-refractivity contribution is 7.17. The number of hydrogen-bond acceptors (Lipinski definition) is 3. The van der Waals surface area contributed by atoms with E-state index in [-0.39, 0.29) is 0 Å². The van der Waals surface area contributed by atoms with Gasteiger partial charge in [-0.3, -0.25) is 4.79 Å². The Morgan fingerprint density at radius 3 is 2.59 bits per heavy atom. The molecule has 0 aliphatic heterocycles. The molecule has 0 radical (unpaired) electrons. The number of nitrogens with one attached hydrogen (secondary N) is 1. The van der Waals surface area contributed by atoms with Gasteiger partial charge in [-0.1, -0.05) is 11.6 Å². The first kappa shape index (κ1) is 13.7. The van der Waals surface area contributed by atoms with Crippen molar-refractivity contribution >= 4 is 40.9 Å². The van der Waals surface area contributed by atoms with E-state index in [1.54, 1.807) is 18.2 Å². The van der Waals surface area contributed by atoms with Crippen LogP contribution in [0.4, 0.5) is 0 Å². The molecule has 6 heteroatoms. The molecule has 0 atom stereocenters. The summed E-state index contributed by atoms with van der Waals surface area (Å²) in [7, 11) is 0. The van der Waals surface area contributed by atoms with Crippen molar-refractivity contribution in [2.45, 2.75) is 19.4 Å². The Kier molecular flexibility index (Phi) is 4.31. The van der Waals surface area contributed by atoms with Gasteiger partial charge in [-0.05, 0) is 32.1 Å². The topological polar surface area (TPSA) is 66.4 Å². The molecule has 2 N–H and O–H groups in total. The Morgan fingerprint density at radius 2 is 2.12 bits per heavy atom. The normalized spacial score (nSPS) is 11.7. The van der Waals surface area contributed by atoms with E-state index in [9.17, 15) is 9.59 Å². The fourth-order valence-corrected chi connectivity index (χ4v) is 1.94. The lowest BCUT2D eigenvalue weighted by atomic mass is 10.1. The van der Waals surface area contributed by atoms with E-state index in [2.05, 4.69) is 5.32 Å². The lowest BCUT2D eigenvalue weighted by Crippen LogP contribution is -2.49. The lowest BCUT2D eigenvalue weighted by Gasteiger charge is -2.19. The molecular formula is C11H12ClNO3S. The van der Waals surface area contributed by atoms with Gasteiger partial charge in [0.1, 0.15) is 5.54 Å². The Hall–Kier alpha value is -1.33. The molecule has 0 saturated heterocycles. The van der Waals surface area contributed by atoms with Crippen molar-refractivity contribution < 1.29 is 14.7 Å². The number of rotatable bonds is 4. The van der Waals surface area contributed by atoms with Crippen LogP contribution >= 0.6 is 22.9 Å². The van der Waals surface area contributed by atoms with Gasteiger partial charge >= 0.3 is 5.97 Å². The molecule has 1 heterocycles. The Balaban J connectivity index is 2.61. The number of carbonyl (C=O) groups is 2. The highest BCUT2D eigenvalue weighted by atomic mass is 35.5. The Morgan fingerprint density at radius 1 is 1.47 bits per heavy atom. The van der Waals surface area contributed by atoms with Crippen molar-refractivity contribution in [3.8, 4) is 0 Å². The van der Waals surface area contributed by atoms with Crippen LogP contribution < -0.4 is 5.32 Å². The summed E-state index contributed by atoms with van der Waals surface area (Å²) in [5.41, 5.74) is -1.28. The third kappa shape index (κ3) is 4.20. The quantitative estimate of drug-likeness (QED) is 0.828. The third-order valence-electron chi connectivity index (χ3n) is 1.96. The summed E-state index contributed by atoms with van der Waals surface area (Å²) in [5, 5.41) is 11.2. The van der Waals surface area contributed by atoms with Gasteiger partial charge in [0, 0.05) is 11.0 Å². The number of aliphatic carboxylic acids is 1. The zero-order valence-corrected chi connectivity index (χ0v) is 10.9. The molecule has 0 aliphatic rings. The van der Waals surface area contributed by atoms with Crippen LogP contribution in [0.2, 0.25) is 4.34 Å². The number of carboxylic acids is 1. The maximum absolute atomic E-state index is 11.5. The van der Waals surface area contributed by atoms with Crippen molar-refractivity contribution in [1.82, 2.24) is 5.32 Å². The van der Waals surface area contributed by atoms with Gasteiger partial charge in [-0.2, -0.15) is 0 Å². The van der Waals surface area contributed by atoms with Crippen LogP contribution in [0, 0.1) is 0 Å². The standard InChI is InChI=1S/C11H12ClNO3S/c1-11(2,10(15)16)13-9(14)6-4-7-3-5-8(12)17-7/h3-6H,1-2H3,(H,13,14)(H,15,16). The molecule has 1 aromatic heterocycles. The van der Waals surface area contributed by atoms with Crippen molar-refractivity contribution in [2.75, 3.05) is 0 Å². The molecule has 0 saturated carbocycles. The van der Waals surface area contributed by atoms with Crippen LogP contribution in [0.5, 0.6) is 0 Å². The highest BCUT2D eigenvalue weighted by Crippen LogP contribution is 2.22. The van der Waals surface area contributed by atoms with E-state index in [1.165, 1.54) is 31.3 Å². The number of halogens is 1. The van der Waals surface area contributed by atoms with E-state index in [1.807, 2.05) is 0 Å². The summed E-state index contributed by atoms with van der Waals surface area (Å²) in [6.07, 6.45) is 2.87. The molecule has 0 aromatic carbocycles. The van der Waals surface area contributed by atoms with E-state index in [0.717, 1.165) is 4.88 Å². The van der Waals surface area contributed by atoms with Crippen LogP contribution in [-0.4, -0.2) is 22.5 Å². The maximum atomic E-state index is 11.5. The van der Waals surface area contributed by atoms with Crippen LogP contribution in [0.15, 0.2) is 18.2 Å². The molecule has 92 valence electrons. The molecule has 0 fully saturated rings. The van der Waals surface area contributed by atoms with Gasteiger partial charge in [0.15, 0.2) is 0 Å². The van der Waals surface area contributed by atoms with E-state index >= 15 is 0 Å². The van der Waals surface area contributed by atoms with Gasteiger partial charge in [-0.15, -0.1) is 11.3 Å². The third-order valence-corrected chi connectivity index (χ3v) is 3.16. The van der Waals surface area contributed by atoms with Gasteiger partial charge in [0.05, 0.1) is 4.34 Å². The Labute approximate surface area is 108 Å². The molecule has 0 bridgehead atoms. The summed E-state index contributed by atoms with van der Waals surface area (Å²) in [6.45, 7) is 2.84. The maximum Gasteiger partial charge on any atom is 0.328 e. The molecule has 0 aliphatic carbocycles. The van der Waals surface area contributed by atoms with Crippen LogP contribution in [0.25, 0.3) is 6.08 Å². The van der Waals surface area contributed by atoms with Crippen molar-refractivity contribution in [2.24, 2.45) is 0 Å². The van der Waals surface area contributed by atoms with E-state index in [0.29, 0.717) is 4.34 Å². The van der Waals surface area contributed by atoms with Crippen LogP contribution in [0.3, 0.4) is 0 Å². The zero-order valence-electron chi connectivity index (χ0n) is 9.36. The van der Waals surface area contributed by atoms with Gasteiger partial charge in [0.2, 0.25) is 5.91 Å². The van der Waals surface area contributed by atoms with Crippen molar-refractivity contribution in [3.05, 3.63) is 27.4 Å². The monoisotopic (exact) mass is 273 g/mol. The summed E-state index contributed by atoms with van der Waals surface area (Å²) in [6, 6.07) is 3.50. The molecule has 1 aromatic rings. The molecule has 4 nitrogen and oxygen atoms in total. The number of amides is 1. The smallest absolute Gasteiger partial charge is 0.328 e. The summed E-state index contributed by atoms with van der Waals surface area (Å²) >= 11 is 7.07. The minimum atomic E-state index is -1.28. The van der Waals surface area contributed by atoms with Gasteiger partial charge < -0.3 is 10.4 Å². The molecular weight excluding hydrogens is 262 g/mol. The minimum absolute atomic E-state index is 0.457. The fraction of sp³-hybridized carbons (Fsp3) is 0.273. The second-order valence-corrected chi connectivity index (χ2v) is 5.64. The predicted molar refractivity (Wildman–Crippen MR) is 68.2 cm³/mol. The second-order valence-electron chi connectivity index (χ2n) is 3.89. The van der Waals surface area contributed by atoms with Crippen molar-refractivity contribution in [1.29, 1.82) is 0 Å². The average molecular weight is 274 g/mol. The molecule has 1 rings (SSSR count).